The highest BCUT2D eigenvalue weighted by molar-refractivity contribution is 6.30. The van der Waals surface area contributed by atoms with Crippen molar-refractivity contribution in [3.63, 3.8) is 0 Å². The van der Waals surface area contributed by atoms with E-state index in [1.165, 1.54) is 16.7 Å². The van der Waals surface area contributed by atoms with E-state index in [4.69, 9.17) is 21.6 Å². The summed E-state index contributed by atoms with van der Waals surface area (Å²) in [6.07, 6.45) is 0.976. The number of hydrogen-bond acceptors (Lipinski definition) is 4. The lowest BCUT2D eigenvalue weighted by molar-refractivity contribution is 0.713. The topological polar surface area (TPSA) is 41.1 Å². The smallest absolute Gasteiger partial charge is 0.225 e. The average molecular weight is 393 g/mol. The molecule has 0 atom stereocenters. The molecule has 0 aliphatic carbocycles. The molecule has 144 valence electrons. The first-order chi connectivity index (χ1) is 13.6. The van der Waals surface area contributed by atoms with Gasteiger partial charge in [-0.1, -0.05) is 61.8 Å². The zero-order valence-corrected chi connectivity index (χ0v) is 17.1. The van der Waals surface area contributed by atoms with Crippen molar-refractivity contribution in [3.8, 4) is 0 Å². The van der Waals surface area contributed by atoms with Crippen LogP contribution >= 0.6 is 11.6 Å². The largest absolute Gasteiger partial charge is 0.352 e. The summed E-state index contributed by atoms with van der Waals surface area (Å²) in [6.45, 7) is 6.82. The van der Waals surface area contributed by atoms with Crippen LogP contribution < -0.4 is 10.2 Å². The molecule has 0 bridgehead atoms. The van der Waals surface area contributed by atoms with Crippen LogP contribution in [-0.2, 0) is 19.5 Å². The Balaban J connectivity index is 1.58. The SMILES string of the molecule is CC(C)c1cc(N2CCc3cc(Cl)ccc3C2)nc(NCc2ccccc2)n1. The summed E-state index contributed by atoms with van der Waals surface area (Å²) in [5, 5.41) is 4.20. The molecule has 0 amide bonds. The van der Waals surface area contributed by atoms with Gasteiger partial charge in [0.05, 0.1) is 5.69 Å². The van der Waals surface area contributed by atoms with Gasteiger partial charge in [0.2, 0.25) is 5.95 Å². The molecule has 1 N–H and O–H groups in total. The van der Waals surface area contributed by atoms with Gasteiger partial charge in [-0.25, -0.2) is 4.98 Å². The third kappa shape index (κ3) is 4.28. The quantitative estimate of drug-likeness (QED) is 0.628. The monoisotopic (exact) mass is 392 g/mol. The molecule has 0 radical (unpaired) electrons. The molecule has 0 spiro atoms. The molecule has 5 heteroatoms. The molecular formula is C23H25ClN4. The van der Waals surface area contributed by atoms with Crippen molar-refractivity contribution in [2.45, 2.75) is 39.3 Å². The van der Waals surface area contributed by atoms with Gasteiger partial charge < -0.3 is 10.2 Å². The molecule has 1 aromatic heterocycles. The third-order valence-electron chi connectivity index (χ3n) is 5.12. The Morgan fingerprint density at radius 3 is 2.64 bits per heavy atom. The van der Waals surface area contributed by atoms with Crippen LogP contribution in [0, 0.1) is 0 Å². The average Bonchev–Trinajstić information content (AvgIpc) is 2.72. The lowest BCUT2D eigenvalue weighted by Gasteiger charge is -2.30. The summed E-state index contributed by atoms with van der Waals surface area (Å²) < 4.78 is 0. The molecule has 0 saturated carbocycles. The zero-order valence-electron chi connectivity index (χ0n) is 16.3. The van der Waals surface area contributed by atoms with Gasteiger partial charge in [0, 0.05) is 30.7 Å². The minimum absolute atomic E-state index is 0.343. The standard InChI is InChI=1S/C23H25ClN4/c1-16(2)21-13-22(27-23(26-21)25-14-17-6-4-3-5-7-17)28-11-10-18-12-20(24)9-8-19(18)15-28/h3-9,12-13,16H,10-11,14-15H2,1-2H3,(H,25,26,27). The summed E-state index contributed by atoms with van der Waals surface area (Å²) in [5.74, 6) is 2.01. The van der Waals surface area contributed by atoms with Crippen LogP contribution in [0.25, 0.3) is 0 Å². The number of halogens is 1. The Bertz CT molecular complexity index is 956. The molecule has 4 rings (SSSR count). The van der Waals surface area contributed by atoms with Gasteiger partial charge in [0.25, 0.3) is 0 Å². The van der Waals surface area contributed by atoms with Crippen molar-refractivity contribution in [3.05, 3.63) is 82.0 Å². The molecule has 3 aromatic rings. The number of hydrogen-bond donors (Lipinski definition) is 1. The highest BCUT2D eigenvalue weighted by atomic mass is 35.5. The van der Waals surface area contributed by atoms with Crippen LogP contribution in [0.15, 0.2) is 54.6 Å². The molecule has 2 heterocycles. The third-order valence-corrected chi connectivity index (χ3v) is 5.36. The van der Waals surface area contributed by atoms with Gasteiger partial charge in [0.15, 0.2) is 0 Å². The van der Waals surface area contributed by atoms with Gasteiger partial charge in [0.1, 0.15) is 5.82 Å². The lowest BCUT2D eigenvalue weighted by atomic mass is 10.00. The molecular weight excluding hydrogens is 368 g/mol. The Kier molecular flexibility index (Phi) is 5.49. The maximum Gasteiger partial charge on any atom is 0.225 e. The van der Waals surface area contributed by atoms with Gasteiger partial charge in [-0.3, -0.25) is 0 Å². The van der Waals surface area contributed by atoms with Crippen LogP contribution in [0.1, 0.15) is 42.1 Å². The highest BCUT2D eigenvalue weighted by Gasteiger charge is 2.19. The van der Waals surface area contributed by atoms with E-state index in [9.17, 15) is 0 Å². The fourth-order valence-corrected chi connectivity index (χ4v) is 3.68. The minimum Gasteiger partial charge on any atom is -0.352 e. The Hall–Kier alpha value is -2.59. The number of nitrogens with one attached hydrogen (secondary N) is 1. The number of fused-ring (bicyclic) bond motifs is 1. The summed E-state index contributed by atoms with van der Waals surface area (Å²) >= 11 is 6.15. The first-order valence-corrected chi connectivity index (χ1v) is 10.2. The van der Waals surface area contributed by atoms with E-state index in [0.717, 1.165) is 36.0 Å². The van der Waals surface area contributed by atoms with Crippen LogP contribution in [0.5, 0.6) is 0 Å². The fraction of sp³-hybridized carbons (Fsp3) is 0.304. The van der Waals surface area contributed by atoms with Gasteiger partial charge >= 0.3 is 0 Å². The van der Waals surface area contributed by atoms with Gasteiger partial charge in [-0.15, -0.1) is 0 Å². The van der Waals surface area contributed by atoms with E-state index in [0.29, 0.717) is 18.4 Å². The minimum atomic E-state index is 0.343. The maximum absolute atomic E-state index is 6.15. The molecule has 0 saturated heterocycles. The van der Waals surface area contributed by atoms with Crippen LogP contribution in [-0.4, -0.2) is 16.5 Å². The number of nitrogens with zero attached hydrogens (tertiary/aromatic N) is 3. The van der Waals surface area contributed by atoms with Crippen LogP contribution in [0.3, 0.4) is 0 Å². The van der Waals surface area contributed by atoms with Gasteiger partial charge in [-0.05, 0) is 41.2 Å². The molecule has 28 heavy (non-hydrogen) atoms. The summed E-state index contributed by atoms with van der Waals surface area (Å²) in [5.41, 5.74) is 4.93. The molecule has 4 nitrogen and oxygen atoms in total. The first kappa shape index (κ1) is 18.8. The Labute approximate surface area is 171 Å². The number of aromatic nitrogens is 2. The van der Waals surface area contributed by atoms with E-state index in [1.54, 1.807) is 0 Å². The molecule has 1 aliphatic rings. The van der Waals surface area contributed by atoms with Gasteiger partial charge in [-0.2, -0.15) is 4.98 Å². The van der Waals surface area contributed by atoms with Crippen molar-refractivity contribution in [1.29, 1.82) is 0 Å². The van der Waals surface area contributed by atoms with E-state index in [-0.39, 0.29) is 0 Å². The number of benzene rings is 2. The second-order valence-electron chi connectivity index (χ2n) is 7.55. The van der Waals surface area contributed by atoms with E-state index in [2.05, 4.69) is 54.4 Å². The molecule has 0 unspecified atom stereocenters. The van der Waals surface area contributed by atoms with Crippen molar-refractivity contribution in [2.24, 2.45) is 0 Å². The van der Waals surface area contributed by atoms with Crippen molar-refractivity contribution >= 4 is 23.4 Å². The molecule has 0 fully saturated rings. The first-order valence-electron chi connectivity index (χ1n) is 9.77. The van der Waals surface area contributed by atoms with Crippen molar-refractivity contribution < 1.29 is 0 Å². The van der Waals surface area contributed by atoms with Crippen molar-refractivity contribution in [2.75, 3.05) is 16.8 Å². The second-order valence-corrected chi connectivity index (χ2v) is 7.99. The number of rotatable bonds is 5. The highest BCUT2D eigenvalue weighted by Crippen LogP contribution is 2.28. The zero-order chi connectivity index (χ0) is 19.5. The molecule has 2 aromatic carbocycles. The second kappa shape index (κ2) is 8.19. The predicted molar refractivity (Wildman–Crippen MR) is 116 cm³/mol. The van der Waals surface area contributed by atoms with Crippen molar-refractivity contribution in [1.82, 2.24) is 9.97 Å². The Morgan fingerprint density at radius 1 is 1.04 bits per heavy atom. The predicted octanol–water partition coefficient (Wildman–Crippen LogP) is 5.43. The fourth-order valence-electron chi connectivity index (χ4n) is 3.48. The Morgan fingerprint density at radius 2 is 1.86 bits per heavy atom. The lowest BCUT2D eigenvalue weighted by Crippen LogP contribution is -2.31. The normalized spacial score (nSPS) is 13.5. The summed E-state index contributed by atoms with van der Waals surface area (Å²) in [7, 11) is 0. The van der Waals surface area contributed by atoms with E-state index in [1.807, 2.05) is 24.3 Å². The van der Waals surface area contributed by atoms with E-state index < -0.39 is 0 Å². The summed E-state index contributed by atoms with van der Waals surface area (Å²) in [4.78, 5) is 11.9. The maximum atomic E-state index is 6.15. The molecule has 1 aliphatic heterocycles. The van der Waals surface area contributed by atoms with E-state index >= 15 is 0 Å². The number of anilines is 2. The van der Waals surface area contributed by atoms with Crippen LogP contribution in [0.2, 0.25) is 5.02 Å². The summed E-state index contributed by atoms with van der Waals surface area (Å²) in [6, 6.07) is 18.6. The van der Waals surface area contributed by atoms with Crippen LogP contribution in [0.4, 0.5) is 11.8 Å².